The molecule has 2 heterocycles. The van der Waals surface area contributed by atoms with Gasteiger partial charge in [0.15, 0.2) is 0 Å². The first-order valence-electron chi connectivity index (χ1n) is 10.1. The van der Waals surface area contributed by atoms with Crippen LogP contribution in [0.4, 0.5) is 0 Å². The van der Waals surface area contributed by atoms with E-state index in [4.69, 9.17) is 4.74 Å². The van der Waals surface area contributed by atoms with Crippen LogP contribution in [0.2, 0.25) is 0 Å². The molecule has 2 fully saturated rings. The number of aliphatic hydroxyl groups excluding tert-OH is 1. The number of hydrogen-bond donors (Lipinski definition) is 2. The highest BCUT2D eigenvalue weighted by Gasteiger charge is 2.36. The second-order valence-electron chi connectivity index (χ2n) is 7.98. The Morgan fingerprint density at radius 1 is 1.30 bits per heavy atom. The molecule has 1 saturated carbocycles. The number of piperidine rings is 1. The van der Waals surface area contributed by atoms with E-state index in [2.05, 4.69) is 11.4 Å². The van der Waals surface area contributed by atoms with Crippen molar-refractivity contribution in [3.05, 3.63) is 29.3 Å². The minimum Gasteiger partial charge on any atom is -0.493 e. The molecule has 0 radical (unpaired) electrons. The number of carbonyl (C=O) groups excluding carboxylic acids is 2. The SMILES string of the molecule is O=C(CCN1CCCCC1=O)N[C@H](c1ccc2c(c1)CCO2)C1CC(O)C1. The maximum absolute atomic E-state index is 12.6. The number of ether oxygens (including phenoxy) is 1. The van der Waals surface area contributed by atoms with Crippen molar-refractivity contribution >= 4 is 11.8 Å². The third kappa shape index (κ3) is 4.10. The fourth-order valence-corrected chi connectivity index (χ4v) is 4.36. The lowest BCUT2D eigenvalue weighted by Crippen LogP contribution is -2.43. The number of likely N-dealkylation sites (tertiary alicyclic amines) is 1. The molecule has 1 aromatic rings. The van der Waals surface area contributed by atoms with E-state index >= 15 is 0 Å². The summed E-state index contributed by atoms with van der Waals surface area (Å²) in [5, 5.41) is 12.9. The Balaban J connectivity index is 1.40. The summed E-state index contributed by atoms with van der Waals surface area (Å²) in [4.78, 5) is 26.3. The molecule has 6 heteroatoms. The third-order valence-corrected chi connectivity index (χ3v) is 6.04. The fourth-order valence-electron chi connectivity index (χ4n) is 4.36. The first kappa shape index (κ1) is 18.3. The van der Waals surface area contributed by atoms with Crippen LogP contribution < -0.4 is 10.1 Å². The number of fused-ring (bicyclic) bond motifs is 1. The Labute approximate surface area is 159 Å². The van der Waals surface area contributed by atoms with Crippen molar-refractivity contribution in [2.45, 2.75) is 57.1 Å². The van der Waals surface area contributed by atoms with E-state index in [1.807, 2.05) is 12.1 Å². The molecule has 6 nitrogen and oxygen atoms in total. The molecule has 2 amide bonds. The molecular weight excluding hydrogens is 344 g/mol. The largest absolute Gasteiger partial charge is 0.493 e. The third-order valence-electron chi connectivity index (χ3n) is 6.04. The summed E-state index contributed by atoms with van der Waals surface area (Å²) < 4.78 is 5.58. The number of benzene rings is 1. The van der Waals surface area contributed by atoms with Crippen molar-refractivity contribution in [2.24, 2.45) is 5.92 Å². The molecule has 2 aliphatic heterocycles. The maximum atomic E-state index is 12.6. The van der Waals surface area contributed by atoms with Crippen LogP contribution in [0, 0.1) is 5.92 Å². The van der Waals surface area contributed by atoms with Crippen LogP contribution in [0.5, 0.6) is 5.75 Å². The van der Waals surface area contributed by atoms with Crippen molar-refractivity contribution in [3.63, 3.8) is 0 Å². The zero-order valence-electron chi connectivity index (χ0n) is 15.7. The number of aliphatic hydroxyl groups is 1. The van der Waals surface area contributed by atoms with Crippen LogP contribution in [0.3, 0.4) is 0 Å². The van der Waals surface area contributed by atoms with Crippen LogP contribution in [-0.4, -0.2) is 47.6 Å². The number of nitrogens with one attached hydrogen (secondary N) is 1. The van der Waals surface area contributed by atoms with E-state index in [-0.39, 0.29) is 29.9 Å². The monoisotopic (exact) mass is 372 g/mol. The summed E-state index contributed by atoms with van der Waals surface area (Å²) >= 11 is 0. The molecule has 0 bridgehead atoms. The Morgan fingerprint density at radius 2 is 2.15 bits per heavy atom. The molecule has 0 unspecified atom stereocenters. The van der Waals surface area contributed by atoms with E-state index in [0.717, 1.165) is 37.1 Å². The van der Waals surface area contributed by atoms with Crippen molar-refractivity contribution in [3.8, 4) is 5.75 Å². The summed E-state index contributed by atoms with van der Waals surface area (Å²) in [5.41, 5.74) is 2.27. The van der Waals surface area contributed by atoms with Gasteiger partial charge in [-0.05, 0) is 54.9 Å². The molecule has 1 atom stereocenters. The lowest BCUT2D eigenvalue weighted by atomic mass is 9.74. The Hall–Kier alpha value is -2.08. The van der Waals surface area contributed by atoms with Gasteiger partial charge < -0.3 is 20.1 Å². The topological polar surface area (TPSA) is 78.9 Å². The van der Waals surface area contributed by atoms with Gasteiger partial charge in [-0.25, -0.2) is 0 Å². The van der Waals surface area contributed by atoms with Crippen LogP contribution in [0.15, 0.2) is 18.2 Å². The molecule has 1 aliphatic carbocycles. The quantitative estimate of drug-likeness (QED) is 0.800. The molecule has 4 rings (SSSR count). The molecule has 0 aromatic heterocycles. The summed E-state index contributed by atoms with van der Waals surface area (Å²) in [6, 6.07) is 6.04. The number of amides is 2. The highest BCUT2D eigenvalue weighted by atomic mass is 16.5. The van der Waals surface area contributed by atoms with Crippen molar-refractivity contribution in [1.29, 1.82) is 0 Å². The van der Waals surface area contributed by atoms with Gasteiger partial charge in [-0.15, -0.1) is 0 Å². The van der Waals surface area contributed by atoms with Gasteiger partial charge in [0.2, 0.25) is 11.8 Å². The molecule has 27 heavy (non-hydrogen) atoms. The highest BCUT2D eigenvalue weighted by Crippen LogP contribution is 2.39. The smallest absolute Gasteiger partial charge is 0.222 e. The Kier molecular flexibility index (Phi) is 5.34. The Morgan fingerprint density at radius 3 is 2.93 bits per heavy atom. The molecule has 146 valence electrons. The minimum atomic E-state index is -0.266. The van der Waals surface area contributed by atoms with E-state index in [1.165, 1.54) is 5.56 Å². The minimum absolute atomic E-state index is 0.0310. The van der Waals surface area contributed by atoms with E-state index in [0.29, 0.717) is 38.8 Å². The number of nitrogens with zero attached hydrogens (tertiary/aromatic N) is 1. The summed E-state index contributed by atoms with van der Waals surface area (Å²) in [5.74, 6) is 1.31. The molecule has 1 saturated heterocycles. The lowest BCUT2D eigenvalue weighted by Gasteiger charge is -2.38. The molecule has 0 spiro atoms. The summed E-state index contributed by atoms with van der Waals surface area (Å²) in [7, 11) is 0. The number of carbonyl (C=O) groups is 2. The molecule has 2 N–H and O–H groups in total. The lowest BCUT2D eigenvalue weighted by molar-refractivity contribution is -0.134. The first-order chi connectivity index (χ1) is 13.1. The molecule has 3 aliphatic rings. The summed E-state index contributed by atoms with van der Waals surface area (Å²) in [6.07, 6.45) is 4.95. The van der Waals surface area contributed by atoms with Gasteiger partial charge in [-0.1, -0.05) is 6.07 Å². The average Bonchev–Trinajstić information content (AvgIpc) is 3.11. The standard InChI is InChI=1S/C21H28N2O4/c24-17-12-16(13-17)21(15-4-5-18-14(11-15)7-10-27-18)22-19(25)6-9-23-8-2-1-3-20(23)26/h4-5,11,16-17,21,24H,1-3,6-10,12-13H2,(H,22,25)/t16?,17?,21-/m1/s1. The number of rotatable bonds is 6. The van der Waals surface area contributed by atoms with Gasteiger partial charge in [0.1, 0.15) is 5.75 Å². The molecular formula is C21H28N2O4. The summed E-state index contributed by atoms with van der Waals surface area (Å²) in [6.45, 7) is 1.96. The van der Waals surface area contributed by atoms with Crippen LogP contribution >= 0.6 is 0 Å². The maximum Gasteiger partial charge on any atom is 0.222 e. The second kappa shape index (κ2) is 7.89. The fraction of sp³-hybridized carbons (Fsp3) is 0.619. The van der Waals surface area contributed by atoms with Gasteiger partial charge in [0.25, 0.3) is 0 Å². The zero-order valence-corrected chi connectivity index (χ0v) is 15.7. The van der Waals surface area contributed by atoms with Crippen LogP contribution in [-0.2, 0) is 16.0 Å². The van der Waals surface area contributed by atoms with E-state index in [9.17, 15) is 14.7 Å². The van der Waals surface area contributed by atoms with Crippen molar-refractivity contribution < 1.29 is 19.4 Å². The highest BCUT2D eigenvalue weighted by molar-refractivity contribution is 5.79. The van der Waals surface area contributed by atoms with Gasteiger partial charge in [0.05, 0.1) is 18.8 Å². The average molecular weight is 372 g/mol. The van der Waals surface area contributed by atoms with Gasteiger partial charge in [-0.2, -0.15) is 0 Å². The zero-order chi connectivity index (χ0) is 18.8. The predicted molar refractivity (Wildman–Crippen MR) is 100 cm³/mol. The van der Waals surface area contributed by atoms with E-state index in [1.54, 1.807) is 4.90 Å². The van der Waals surface area contributed by atoms with Crippen LogP contribution in [0.25, 0.3) is 0 Å². The van der Waals surface area contributed by atoms with Crippen molar-refractivity contribution in [1.82, 2.24) is 10.2 Å². The molecule has 1 aromatic carbocycles. The Bertz CT molecular complexity index is 714. The van der Waals surface area contributed by atoms with Crippen molar-refractivity contribution in [2.75, 3.05) is 19.7 Å². The normalized spacial score (nSPS) is 25.4. The van der Waals surface area contributed by atoms with E-state index < -0.39 is 0 Å². The van der Waals surface area contributed by atoms with Crippen LogP contribution in [0.1, 0.15) is 55.7 Å². The predicted octanol–water partition coefficient (Wildman–Crippen LogP) is 1.95. The van der Waals surface area contributed by atoms with Gasteiger partial charge >= 0.3 is 0 Å². The number of hydrogen-bond acceptors (Lipinski definition) is 4. The van der Waals surface area contributed by atoms with Gasteiger partial charge in [0, 0.05) is 32.4 Å². The first-order valence-corrected chi connectivity index (χ1v) is 10.1. The van der Waals surface area contributed by atoms with Gasteiger partial charge in [-0.3, -0.25) is 9.59 Å². The second-order valence-corrected chi connectivity index (χ2v) is 7.98.